The first-order valence-electron chi connectivity index (χ1n) is 6.42. The van der Waals surface area contributed by atoms with Gasteiger partial charge in [0.25, 0.3) is 0 Å². The van der Waals surface area contributed by atoms with Crippen LogP contribution < -0.4 is 11.1 Å². The van der Waals surface area contributed by atoms with Crippen molar-refractivity contribution in [3.8, 4) is 0 Å². The molecule has 106 valence electrons. The number of pyridine rings is 1. The lowest BCUT2D eigenvalue weighted by Crippen LogP contribution is -1.97. The molecular formula is C16H13BrFN3. The number of fused-ring (bicyclic) bond motifs is 1. The minimum absolute atomic E-state index is 0.305. The van der Waals surface area contributed by atoms with Gasteiger partial charge in [0.15, 0.2) is 0 Å². The quantitative estimate of drug-likeness (QED) is 0.657. The second-order valence-corrected chi connectivity index (χ2v) is 5.66. The van der Waals surface area contributed by atoms with E-state index in [9.17, 15) is 4.39 Å². The summed E-state index contributed by atoms with van der Waals surface area (Å²) in [6, 6.07) is 10.7. The van der Waals surface area contributed by atoms with Gasteiger partial charge in [0.05, 0.1) is 15.7 Å². The van der Waals surface area contributed by atoms with Gasteiger partial charge >= 0.3 is 0 Å². The molecule has 21 heavy (non-hydrogen) atoms. The topological polar surface area (TPSA) is 50.9 Å². The van der Waals surface area contributed by atoms with Crippen LogP contribution in [0.2, 0.25) is 0 Å². The number of anilines is 3. The summed E-state index contributed by atoms with van der Waals surface area (Å²) in [5.41, 5.74) is 9.79. The number of benzene rings is 2. The lowest BCUT2D eigenvalue weighted by molar-refractivity contribution is 0.621. The van der Waals surface area contributed by atoms with Gasteiger partial charge in [-0.1, -0.05) is 12.1 Å². The van der Waals surface area contributed by atoms with Crippen molar-refractivity contribution in [2.75, 3.05) is 11.1 Å². The number of nitrogens with zero attached hydrogens (tertiary/aromatic N) is 1. The summed E-state index contributed by atoms with van der Waals surface area (Å²) < 4.78 is 14.2. The first kappa shape index (κ1) is 13.8. The maximum absolute atomic E-state index is 13.7. The smallest absolute Gasteiger partial charge is 0.139 e. The van der Waals surface area contributed by atoms with Gasteiger partial charge in [0.2, 0.25) is 0 Å². The van der Waals surface area contributed by atoms with Crippen LogP contribution in [-0.2, 0) is 0 Å². The Labute approximate surface area is 130 Å². The van der Waals surface area contributed by atoms with Gasteiger partial charge in [-0.05, 0) is 52.7 Å². The fourth-order valence-electron chi connectivity index (χ4n) is 2.23. The molecule has 0 saturated heterocycles. The van der Waals surface area contributed by atoms with E-state index in [1.807, 2.05) is 31.2 Å². The number of halogens is 2. The van der Waals surface area contributed by atoms with Gasteiger partial charge in [-0.3, -0.25) is 4.98 Å². The number of hydrogen-bond donors (Lipinski definition) is 2. The molecule has 0 saturated carbocycles. The van der Waals surface area contributed by atoms with Crippen LogP contribution in [0.3, 0.4) is 0 Å². The van der Waals surface area contributed by atoms with Crippen molar-refractivity contribution in [2.45, 2.75) is 6.92 Å². The van der Waals surface area contributed by atoms with Crippen LogP contribution >= 0.6 is 15.9 Å². The second-order valence-electron chi connectivity index (χ2n) is 4.81. The van der Waals surface area contributed by atoms with E-state index in [2.05, 4.69) is 26.2 Å². The fourth-order valence-corrected chi connectivity index (χ4v) is 2.69. The summed E-state index contributed by atoms with van der Waals surface area (Å²) in [5.74, 6) is -0.305. The molecule has 0 fully saturated rings. The largest absolute Gasteiger partial charge is 0.397 e. The van der Waals surface area contributed by atoms with Crippen LogP contribution in [0.1, 0.15) is 5.56 Å². The summed E-state index contributed by atoms with van der Waals surface area (Å²) >= 11 is 3.19. The van der Waals surface area contributed by atoms with Gasteiger partial charge in [0.1, 0.15) is 5.82 Å². The second kappa shape index (κ2) is 5.33. The molecule has 2 aromatic carbocycles. The molecular weight excluding hydrogens is 333 g/mol. The third-order valence-corrected chi connectivity index (χ3v) is 3.95. The molecule has 1 heterocycles. The molecule has 0 radical (unpaired) electrons. The van der Waals surface area contributed by atoms with E-state index in [4.69, 9.17) is 5.73 Å². The average molecular weight is 346 g/mol. The van der Waals surface area contributed by atoms with Crippen LogP contribution in [-0.4, -0.2) is 4.98 Å². The van der Waals surface area contributed by atoms with Crippen molar-refractivity contribution < 1.29 is 4.39 Å². The molecule has 3 rings (SSSR count). The minimum atomic E-state index is -0.305. The Morgan fingerprint density at radius 3 is 2.81 bits per heavy atom. The molecule has 1 aromatic heterocycles. The zero-order valence-corrected chi connectivity index (χ0v) is 12.9. The van der Waals surface area contributed by atoms with Crippen molar-refractivity contribution in [2.24, 2.45) is 0 Å². The number of nitrogens with two attached hydrogens (primary N) is 1. The Morgan fingerprint density at radius 1 is 1.19 bits per heavy atom. The Morgan fingerprint density at radius 2 is 2.00 bits per heavy atom. The number of aryl methyl sites for hydroxylation is 1. The van der Waals surface area contributed by atoms with Crippen LogP contribution in [0.4, 0.5) is 21.5 Å². The van der Waals surface area contributed by atoms with E-state index >= 15 is 0 Å². The summed E-state index contributed by atoms with van der Waals surface area (Å²) in [5, 5.41) is 4.16. The van der Waals surface area contributed by atoms with Gasteiger partial charge in [-0.25, -0.2) is 4.39 Å². The van der Waals surface area contributed by atoms with E-state index < -0.39 is 0 Å². The lowest BCUT2D eigenvalue weighted by Gasteiger charge is -2.13. The molecule has 3 nitrogen and oxygen atoms in total. The molecule has 5 heteroatoms. The molecule has 0 amide bonds. The van der Waals surface area contributed by atoms with Crippen LogP contribution in [0.25, 0.3) is 10.9 Å². The highest BCUT2D eigenvalue weighted by Crippen LogP contribution is 2.31. The Balaban J connectivity index is 2.11. The predicted molar refractivity (Wildman–Crippen MR) is 88.3 cm³/mol. The lowest BCUT2D eigenvalue weighted by atomic mass is 10.1. The average Bonchev–Trinajstić information content (AvgIpc) is 2.46. The Kier molecular flexibility index (Phi) is 3.51. The van der Waals surface area contributed by atoms with E-state index in [-0.39, 0.29) is 5.82 Å². The van der Waals surface area contributed by atoms with Crippen molar-refractivity contribution in [3.63, 3.8) is 0 Å². The standard InChI is InChI=1S/C16H13BrFN3/c1-9-7-11(17)12(18)8-15(9)21-14-5-6-20-16-10(14)3-2-4-13(16)19/h2-8H,19H2,1H3,(H,20,21). The summed E-state index contributed by atoms with van der Waals surface area (Å²) in [4.78, 5) is 4.29. The molecule has 0 bridgehead atoms. The highest BCUT2D eigenvalue weighted by molar-refractivity contribution is 9.10. The first-order chi connectivity index (χ1) is 10.1. The minimum Gasteiger partial charge on any atom is -0.397 e. The molecule has 0 unspecified atom stereocenters. The normalized spacial score (nSPS) is 10.8. The number of nitrogen functional groups attached to an aromatic ring is 1. The highest BCUT2D eigenvalue weighted by Gasteiger charge is 2.08. The van der Waals surface area contributed by atoms with Gasteiger partial charge in [-0.15, -0.1) is 0 Å². The van der Waals surface area contributed by atoms with Crippen LogP contribution in [0.15, 0.2) is 47.1 Å². The van der Waals surface area contributed by atoms with E-state index in [0.29, 0.717) is 15.8 Å². The predicted octanol–water partition coefficient (Wildman–Crippen LogP) is 4.77. The van der Waals surface area contributed by atoms with Crippen LogP contribution in [0, 0.1) is 12.7 Å². The summed E-state index contributed by atoms with van der Waals surface area (Å²) in [7, 11) is 0. The zero-order valence-electron chi connectivity index (χ0n) is 11.3. The highest BCUT2D eigenvalue weighted by atomic mass is 79.9. The molecule has 0 atom stereocenters. The summed E-state index contributed by atoms with van der Waals surface area (Å²) in [6.45, 7) is 1.92. The Hall–Kier alpha value is -2.14. The SMILES string of the molecule is Cc1cc(Br)c(F)cc1Nc1ccnc2c(N)cccc12. The molecule has 0 spiro atoms. The van der Waals surface area contributed by atoms with E-state index in [1.54, 1.807) is 12.3 Å². The van der Waals surface area contributed by atoms with Crippen LogP contribution in [0.5, 0.6) is 0 Å². The third kappa shape index (κ3) is 2.56. The fraction of sp³-hybridized carbons (Fsp3) is 0.0625. The third-order valence-electron chi connectivity index (χ3n) is 3.34. The first-order valence-corrected chi connectivity index (χ1v) is 7.21. The number of nitrogens with one attached hydrogen (secondary N) is 1. The van der Waals surface area contributed by atoms with E-state index in [1.165, 1.54) is 6.07 Å². The molecule has 0 aliphatic carbocycles. The molecule has 3 N–H and O–H groups in total. The Bertz CT molecular complexity index is 833. The monoisotopic (exact) mass is 345 g/mol. The van der Waals surface area contributed by atoms with Crippen molar-refractivity contribution in [1.82, 2.24) is 4.98 Å². The number of aromatic nitrogens is 1. The van der Waals surface area contributed by atoms with Crippen molar-refractivity contribution in [3.05, 3.63) is 58.4 Å². The maximum Gasteiger partial charge on any atom is 0.139 e. The number of hydrogen-bond acceptors (Lipinski definition) is 3. The van der Waals surface area contributed by atoms with Gasteiger partial charge in [-0.2, -0.15) is 0 Å². The molecule has 3 aromatic rings. The maximum atomic E-state index is 13.7. The van der Waals surface area contributed by atoms with Gasteiger partial charge < -0.3 is 11.1 Å². The molecule has 0 aliphatic rings. The summed E-state index contributed by atoms with van der Waals surface area (Å²) in [6.07, 6.45) is 1.69. The number of rotatable bonds is 2. The molecule has 0 aliphatic heterocycles. The zero-order chi connectivity index (χ0) is 15.0. The number of para-hydroxylation sites is 1. The van der Waals surface area contributed by atoms with Crippen molar-refractivity contribution >= 4 is 43.9 Å². The van der Waals surface area contributed by atoms with Crippen molar-refractivity contribution in [1.29, 1.82) is 0 Å². The van der Waals surface area contributed by atoms with E-state index in [0.717, 1.165) is 22.2 Å². The van der Waals surface area contributed by atoms with Gasteiger partial charge in [0, 0.05) is 23.0 Å².